The van der Waals surface area contributed by atoms with E-state index in [1.54, 1.807) is 6.33 Å². The number of rotatable bonds is 8. The van der Waals surface area contributed by atoms with E-state index >= 15 is 0 Å². The molecule has 1 amide bonds. The molecule has 2 aliphatic rings. The fraction of sp³-hybridized carbons (Fsp3) is 0.500. The molecule has 0 unspecified atom stereocenters. The summed E-state index contributed by atoms with van der Waals surface area (Å²) in [6.45, 7) is 2.52. The molecule has 0 radical (unpaired) electrons. The summed E-state index contributed by atoms with van der Waals surface area (Å²) >= 11 is 5.89. The van der Waals surface area contributed by atoms with Crippen molar-refractivity contribution < 1.29 is 4.79 Å². The first-order valence-electron chi connectivity index (χ1n) is 10.5. The minimum atomic E-state index is 0.119. The van der Waals surface area contributed by atoms with E-state index < -0.39 is 0 Å². The van der Waals surface area contributed by atoms with Crippen molar-refractivity contribution in [3.63, 3.8) is 0 Å². The summed E-state index contributed by atoms with van der Waals surface area (Å²) in [4.78, 5) is 23.3. The highest BCUT2D eigenvalue weighted by molar-refractivity contribution is 6.30. The summed E-state index contributed by atoms with van der Waals surface area (Å²) < 4.78 is 0. The van der Waals surface area contributed by atoms with Crippen molar-refractivity contribution in [1.29, 1.82) is 0 Å². The third-order valence-corrected chi connectivity index (χ3v) is 5.96. The SMILES string of the molecule is O=C(CCC1CCN(c2cc(NC3CC3)ncn2)CC1)NCc1ccc(Cl)cc1. The summed E-state index contributed by atoms with van der Waals surface area (Å²) in [6, 6.07) is 10.2. The molecule has 0 spiro atoms. The first-order valence-corrected chi connectivity index (χ1v) is 10.9. The smallest absolute Gasteiger partial charge is 0.220 e. The van der Waals surface area contributed by atoms with Crippen LogP contribution < -0.4 is 15.5 Å². The van der Waals surface area contributed by atoms with Crippen LogP contribution in [-0.4, -0.2) is 35.0 Å². The second-order valence-corrected chi connectivity index (χ2v) is 8.49. The van der Waals surface area contributed by atoms with E-state index in [0.29, 0.717) is 29.9 Å². The molecule has 0 atom stereocenters. The minimum absolute atomic E-state index is 0.119. The molecular formula is C22H28ClN5O. The summed E-state index contributed by atoms with van der Waals surface area (Å²) in [5.41, 5.74) is 1.07. The van der Waals surface area contributed by atoms with E-state index in [0.717, 1.165) is 49.6 Å². The molecule has 4 rings (SSSR count). The van der Waals surface area contributed by atoms with Gasteiger partial charge < -0.3 is 15.5 Å². The largest absolute Gasteiger partial charge is 0.367 e. The van der Waals surface area contributed by atoms with Gasteiger partial charge in [-0.25, -0.2) is 9.97 Å². The first kappa shape index (κ1) is 20.0. The lowest BCUT2D eigenvalue weighted by Gasteiger charge is -2.32. The molecule has 1 aliphatic carbocycles. The van der Waals surface area contributed by atoms with Crippen LogP contribution in [0.4, 0.5) is 11.6 Å². The van der Waals surface area contributed by atoms with Gasteiger partial charge in [0.05, 0.1) is 0 Å². The molecule has 1 aliphatic heterocycles. The van der Waals surface area contributed by atoms with Gasteiger partial charge in [-0.3, -0.25) is 4.79 Å². The Morgan fingerprint density at radius 1 is 1.10 bits per heavy atom. The van der Waals surface area contributed by atoms with Gasteiger partial charge in [-0.2, -0.15) is 0 Å². The molecule has 2 N–H and O–H groups in total. The van der Waals surface area contributed by atoms with E-state index in [1.807, 2.05) is 24.3 Å². The zero-order valence-electron chi connectivity index (χ0n) is 16.6. The summed E-state index contributed by atoms with van der Waals surface area (Å²) in [7, 11) is 0. The Morgan fingerprint density at radius 3 is 2.59 bits per heavy atom. The number of nitrogens with one attached hydrogen (secondary N) is 2. The molecule has 2 aromatic rings. The molecule has 1 aromatic heterocycles. The summed E-state index contributed by atoms with van der Waals surface area (Å²) in [5, 5.41) is 7.15. The number of piperidine rings is 1. The van der Waals surface area contributed by atoms with Crippen LogP contribution in [-0.2, 0) is 11.3 Å². The molecule has 7 heteroatoms. The van der Waals surface area contributed by atoms with Crippen molar-refractivity contribution >= 4 is 29.1 Å². The van der Waals surface area contributed by atoms with E-state index in [1.165, 1.54) is 12.8 Å². The van der Waals surface area contributed by atoms with E-state index in [2.05, 4.69) is 31.6 Å². The number of nitrogens with zero attached hydrogens (tertiary/aromatic N) is 3. The summed E-state index contributed by atoms with van der Waals surface area (Å²) in [6.07, 6.45) is 7.84. The molecule has 2 fully saturated rings. The number of halogens is 1. The summed E-state index contributed by atoms with van der Waals surface area (Å²) in [5.74, 6) is 2.65. The zero-order chi connectivity index (χ0) is 20.1. The third kappa shape index (κ3) is 6.07. The topological polar surface area (TPSA) is 70.2 Å². The van der Waals surface area contributed by atoms with E-state index in [4.69, 9.17) is 11.6 Å². The molecule has 6 nitrogen and oxygen atoms in total. The Bertz CT molecular complexity index is 816. The monoisotopic (exact) mass is 413 g/mol. The Kier molecular flexibility index (Phi) is 6.49. The lowest BCUT2D eigenvalue weighted by Crippen LogP contribution is -2.34. The van der Waals surface area contributed by atoms with Crippen LogP contribution in [0, 0.1) is 5.92 Å². The van der Waals surface area contributed by atoms with Crippen LogP contribution in [0.2, 0.25) is 5.02 Å². The van der Waals surface area contributed by atoms with Crippen LogP contribution in [0.1, 0.15) is 44.1 Å². The third-order valence-electron chi connectivity index (χ3n) is 5.70. The van der Waals surface area contributed by atoms with Gasteiger partial charge in [-0.05, 0) is 55.7 Å². The van der Waals surface area contributed by atoms with Gasteiger partial charge in [0, 0.05) is 43.2 Å². The highest BCUT2D eigenvalue weighted by atomic mass is 35.5. The van der Waals surface area contributed by atoms with Crippen molar-refractivity contribution in [1.82, 2.24) is 15.3 Å². The quantitative estimate of drug-likeness (QED) is 0.684. The maximum Gasteiger partial charge on any atom is 0.220 e. The number of carbonyl (C=O) groups excluding carboxylic acids is 1. The Hall–Kier alpha value is -2.34. The molecule has 1 saturated carbocycles. The molecular weight excluding hydrogens is 386 g/mol. The average molecular weight is 414 g/mol. The zero-order valence-corrected chi connectivity index (χ0v) is 17.4. The van der Waals surface area contributed by atoms with Crippen LogP contribution in [0.5, 0.6) is 0 Å². The normalized spacial score (nSPS) is 17.2. The van der Waals surface area contributed by atoms with Crippen molar-refractivity contribution in [2.75, 3.05) is 23.3 Å². The first-order chi connectivity index (χ1) is 14.2. The molecule has 1 aromatic carbocycles. The molecule has 29 heavy (non-hydrogen) atoms. The Morgan fingerprint density at radius 2 is 1.86 bits per heavy atom. The van der Waals surface area contributed by atoms with Crippen molar-refractivity contribution in [2.45, 2.75) is 51.1 Å². The number of carbonyl (C=O) groups is 1. The van der Waals surface area contributed by atoms with Gasteiger partial charge in [0.25, 0.3) is 0 Å². The molecule has 154 valence electrons. The van der Waals surface area contributed by atoms with Gasteiger partial charge in [0.2, 0.25) is 5.91 Å². The molecule has 0 bridgehead atoms. The van der Waals surface area contributed by atoms with Crippen LogP contribution >= 0.6 is 11.6 Å². The number of hydrogen-bond acceptors (Lipinski definition) is 5. The lowest BCUT2D eigenvalue weighted by molar-refractivity contribution is -0.121. The van der Waals surface area contributed by atoms with Crippen LogP contribution in [0.3, 0.4) is 0 Å². The second kappa shape index (κ2) is 9.44. The number of benzene rings is 1. The number of hydrogen-bond donors (Lipinski definition) is 2. The van der Waals surface area contributed by atoms with Gasteiger partial charge in [-0.1, -0.05) is 23.7 Å². The van der Waals surface area contributed by atoms with Crippen LogP contribution in [0.25, 0.3) is 0 Å². The van der Waals surface area contributed by atoms with Crippen molar-refractivity contribution in [3.05, 3.63) is 47.2 Å². The predicted octanol–water partition coefficient (Wildman–Crippen LogP) is 4.02. The maximum atomic E-state index is 12.2. The number of aromatic nitrogens is 2. The van der Waals surface area contributed by atoms with E-state index in [9.17, 15) is 4.79 Å². The van der Waals surface area contributed by atoms with Gasteiger partial charge in [0.1, 0.15) is 18.0 Å². The number of anilines is 2. The molecule has 2 heterocycles. The number of amides is 1. The van der Waals surface area contributed by atoms with Gasteiger partial charge in [0.15, 0.2) is 0 Å². The lowest BCUT2D eigenvalue weighted by atomic mass is 9.92. The minimum Gasteiger partial charge on any atom is -0.367 e. The van der Waals surface area contributed by atoms with Crippen molar-refractivity contribution in [3.8, 4) is 0 Å². The standard InChI is InChI=1S/C22H28ClN5O/c23-18-4-1-17(2-5-18)14-24-22(29)8-3-16-9-11-28(12-10-16)21-13-20(25-15-26-21)27-19-6-7-19/h1-2,4-5,13,15-16,19H,3,6-12,14H2,(H,24,29)(H,25,26,27). The van der Waals surface area contributed by atoms with E-state index in [-0.39, 0.29) is 5.91 Å². The second-order valence-electron chi connectivity index (χ2n) is 8.05. The fourth-order valence-corrected chi connectivity index (χ4v) is 3.84. The van der Waals surface area contributed by atoms with Crippen LogP contribution in [0.15, 0.2) is 36.7 Å². The Labute approximate surface area is 177 Å². The fourth-order valence-electron chi connectivity index (χ4n) is 3.71. The Balaban J connectivity index is 1.17. The predicted molar refractivity (Wildman–Crippen MR) is 116 cm³/mol. The van der Waals surface area contributed by atoms with Gasteiger partial charge in [-0.15, -0.1) is 0 Å². The van der Waals surface area contributed by atoms with Crippen molar-refractivity contribution in [2.24, 2.45) is 5.92 Å². The highest BCUT2D eigenvalue weighted by Crippen LogP contribution is 2.28. The highest BCUT2D eigenvalue weighted by Gasteiger charge is 2.23. The van der Waals surface area contributed by atoms with Gasteiger partial charge >= 0.3 is 0 Å². The average Bonchev–Trinajstić information content (AvgIpc) is 3.56. The maximum absolute atomic E-state index is 12.2. The molecule has 1 saturated heterocycles.